The molecular formula is C13H18F2O3. The van der Waals surface area contributed by atoms with Gasteiger partial charge < -0.3 is 14.3 Å². The van der Waals surface area contributed by atoms with Crippen LogP contribution in [0.2, 0.25) is 0 Å². The van der Waals surface area contributed by atoms with Gasteiger partial charge in [-0.1, -0.05) is 0 Å². The molecule has 5 heteroatoms. The number of hydrogen-bond acceptors (Lipinski definition) is 3. The molecular weight excluding hydrogens is 242 g/mol. The molecule has 1 rings (SSSR count). The lowest BCUT2D eigenvalue weighted by Crippen LogP contribution is -1.96. The summed E-state index contributed by atoms with van der Waals surface area (Å²) >= 11 is 0. The molecule has 18 heavy (non-hydrogen) atoms. The van der Waals surface area contributed by atoms with Crippen molar-refractivity contribution in [1.29, 1.82) is 0 Å². The lowest BCUT2D eigenvalue weighted by Gasteiger charge is -2.05. The Bertz CT molecular complexity index is 365. The summed E-state index contributed by atoms with van der Waals surface area (Å²) in [4.78, 5) is 10.1. The Kier molecular flexibility index (Phi) is 8.74. The maximum atomic E-state index is 13.2. The van der Waals surface area contributed by atoms with E-state index in [-0.39, 0.29) is 24.2 Å². The van der Waals surface area contributed by atoms with Crippen LogP contribution in [0.25, 0.3) is 0 Å². The molecule has 0 saturated carbocycles. The van der Waals surface area contributed by atoms with Gasteiger partial charge >= 0.3 is 0 Å². The minimum atomic E-state index is -0.616. The summed E-state index contributed by atoms with van der Waals surface area (Å²) in [6, 6.07) is 2.03. The van der Waals surface area contributed by atoms with Crippen molar-refractivity contribution in [3.63, 3.8) is 0 Å². The van der Waals surface area contributed by atoms with E-state index in [1.807, 2.05) is 6.92 Å². The van der Waals surface area contributed by atoms with Crippen molar-refractivity contribution in [1.82, 2.24) is 0 Å². The fraction of sp³-hybridized carbons (Fsp3) is 0.462. The quantitative estimate of drug-likeness (QED) is 0.764. The van der Waals surface area contributed by atoms with Crippen molar-refractivity contribution in [2.75, 3.05) is 20.8 Å². The number of carbonyl (C=O) groups excluding carboxylic acids is 1. The van der Waals surface area contributed by atoms with Crippen molar-refractivity contribution < 1.29 is 23.0 Å². The van der Waals surface area contributed by atoms with Crippen LogP contribution in [0.3, 0.4) is 0 Å². The molecule has 0 saturated heterocycles. The summed E-state index contributed by atoms with van der Waals surface area (Å²) in [5, 5.41) is 0. The number of hydrogen-bond donors (Lipinski definition) is 0. The number of rotatable bonds is 5. The van der Waals surface area contributed by atoms with Crippen molar-refractivity contribution in [2.45, 2.75) is 19.8 Å². The predicted molar refractivity (Wildman–Crippen MR) is 64.8 cm³/mol. The van der Waals surface area contributed by atoms with E-state index in [9.17, 15) is 13.6 Å². The highest BCUT2D eigenvalue weighted by atomic mass is 19.1. The first-order valence-electron chi connectivity index (χ1n) is 5.55. The fourth-order valence-corrected chi connectivity index (χ4v) is 1.13. The zero-order valence-electron chi connectivity index (χ0n) is 10.8. The Labute approximate surface area is 106 Å². The molecule has 1 aromatic rings. The molecule has 0 amide bonds. The second kappa shape index (κ2) is 9.53. The first-order chi connectivity index (χ1) is 8.60. The number of methoxy groups -OCH3 is 2. The smallest absolute Gasteiger partial charge is 0.165 e. The number of carbonyl (C=O) groups is 1. The van der Waals surface area contributed by atoms with Gasteiger partial charge in [-0.25, -0.2) is 8.78 Å². The second-order valence-corrected chi connectivity index (χ2v) is 3.36. The van der Waals surface area contributed by atoms with Crippen LogP contribution in [-0.4, -0.2) is 27.1 Å². The van der Waals surface area contributed by atoms with Crippen LogP contribution >= 0.6 is 0 Å². The van der Waals surface area contributed by atoms with Crippen molar-refractivity contribution in [2.24, 2.45) is 0 Å². The average Bonchev–Trinajstić information content (AvgIpc) is 2.39. The Morgan fingerprint density at radius 2 is 1.83 bits per heavy atom. The zero-order valence-corrected chi connectivity index (χ0v) is 10.8. The summed E-state index contributed by atoms with van der Waals surface area (Å²) < 4.78 is 35.4. The lowest BCUT2D eigenvalue weighted by molar-refractivity contribution is -0.107. The minimum absolute atomic E-state index is 0.127. The molecule has 0 N–H and O–H groups in total. The lowest BCUT2D eigenvalue weighted by atomic mass is 10.1. The summed E-state index contributed by atoms with van der Waals surface area (Å²) in [6.07, 6.45) is 1.06. The van der Waals surface area contributed by atoms with E-state index in [2.05, 4.69) is 9.47 Å². The zero-order chi connectivity index (χ0) is 14.0. The molecule has 0 aliphatic carbocycles. The van der Waals surface area contributed by atoms with Gasteiger partial charge in [0, 0.05) is 26.2 Å². The van der Waals surface area contributed by atoms with Gasteiger partial charge in [-0.2, -0.15) is 0 Å². The highest BCUT2D eigenvalue weighted by Gasteiger charge is 2.09. The summed E-state index contributed by atoms with van der Waals surface area (Å²) in [7, 11) is 2.95. The molecule has 102 valence electrons. The average molecular weight is 260 g/mol. The normalized spacial score (nSPS) is 9.39. The topological polar surface area (TPSA) is 35.5 Å². The minimum Gasteiger partial charge on any atom is -0.494 e. The van der Waals surface area contributed by atoms with Gasteiger partial charge in [-0.15, -0.1) is 0 Å². The van der Waals surface area contributed by atoms with Crippen LogP contribution in [0.4, 0.5) is 8.78 Å². The molecule has 0 aromatic heterocycles. The molecule has 1 aromatic carbocycles. The first kappa shape index (κ1) is 16.5. The number of aryl methyl sites for hydroxylation is 1. The number of benzene rings is 1. The summed E-state index contributed by atoms with van der Waals surface area (Å²) in [5.41, 5.74) is 0.190. The van der Waals surface area contributed by atoms with Gasteiger partial charge in [0.1, 0.15) is 12.1 Å². The van der Waals surface area contributed by atoms with Crippen LogP contribution < -0.4 is 4.74 Å². The maximum absolute atomic E-state index is 13.2. The molecule has 0 heterocycles. The molecule has 0 aliphatic heterocycles. The molecule has 0 bridgehead atoms. The fourth-order valence-electron chi connectivity index (χ4n) is 1.13. The number of halogens is 2. The Balaban J connectivity index is 0.000000631. The standard InChI is InChI=1S/C10H10F2O2.C3H8O/c1-14-10-6-8(11)7(3-2-4-13)5-9(10)12;1-3-4-2/h4-6H,2-3H2,1H3;3H2,1-2H3. The first-order valence-corrected chi connectivity index (χ1v) is 5.55. The van der Waals surface area contributed by atoms with Crippen LogP contribution in [-0.2, 0) is 16.0 Å². The molecule has 3 nitrogen and oxygen atoms in total. The van der Waals surface area contributed by atoms with E-state index in [1.54, 1.807) is 7.11 Å². The van der Waals surface area contributed by atoms with Crippen LogP contribution in [0.1, 0.15) is 18.9 Å². The highest BCUT2D eigenvalue weighted by molar-refractivity contribution is 5.50. The second-order valence-electron chi connectivity index (χ2n) is 3.36. The third-order valence-electron chi connectivity index (χ3n) is 2.14. The Morgan fingerprint density at radius 1 is 1.22 bits per heavy atom. The van der Waals surface area contributed by atoms with Crippen LogP contribution in [0.15, 0.2) is 12.1 Å². The SMILES string of the molecule is CCOC.COc1cc(F)c(CCC=O)cc1F. The molecule has 0 aliphatic rings. The van der Waals surface area contributed by atoms with E-state index in [0.29, 0.717) is 6.29 Å². The van der Waals surface area contributed by atoms with E-state index >= 15 is 0 Å². The van der Waals surface area contributed by atoms with E-state index in [4.69, 9.17) is 0 Å². The Hall–Kier alpha value is -1.49. The monoisotopic (exact) mass is 260 g/mol. The van der Waals surface area contributed by atoms with Gasteiger partial charge in [0.25, 0.3) is 0 Å². The number of aldehydes is 1. The van der Waals surface area contributed by atoms with Crippen LogP contribution in [0.5, 0.6) is 5.75 Å². The summed E-state index contributed by atoms with van der Waals surface area (Å²) in [5.74, 6) is -1.29. The molecule has 0 fully saturated rings. The van der Waals surface area contributed by atoms with E-state index < -0.39 is 11.6 Å². The number of ether oxygens (including phenoxy) is 2. The van der Waals surface area contributed by atoms with Crippen molar-refractivity contribution in [3.8, 4) is 5.75 Å². The summed E-state index contributed by atoms with van der Waals surface area (Å²) in [6.45, 7) is 2.78. The third kappa shape index (κ3) is 5.72. The van der Waals surface area contributed by atoms with Gasteiger partial charge in [0.15, 0.2) is 11.6 Å². The Morgan fingerprint density at radius 3 is 2.28 bits per heavy atom. The van der Waals surface area contributed by atoms with Crippen molar-refractivity contribution in [3.05, 3.63) is 29.3 Å². The van der Waals surface area contributed by atoms with Gasteiger partial charge in [0.05, 0.1) is 7.11 Å². The molecule has 0 radical (unpaired) electrons. The largest absolute Gasteiger partial charge is 0.494 e. The van der Waals surface area contributed by atoms with Crippen LogP contribution in [0, 0.1) is 11.6 Å². The van der Waals surface area contributed by atoms with Gasteiger partial charge in [-0.3, -0.25) is 0 Å². The van der Waals surface area contributed by atoms with Gasteiger partial charge in [0.2, 0.25) is 0 Å². The predicted octanol–water partition coefficient (Wildman–Crippen LogP) is 2.76. The van der Waals surface area contributed by atoms with Gasteiger partial charge in [-0.05, 0) is 25.0 Å². The molecule has 0 spiro atoms. The third-order valence-corrected chi connectivity index (χ3v) is 2.14. The highest BCUT2D eigenvalue weighted by Crippen LogP contribution is 2.21. The van der Waals surface area contributed by atoms with Crippen molar-refractivity contribution >= 4 is 6.29 Å². The van der Waals surface area contributed by atoms with E-state index in [0.717, 1.165) is 18.7 Å². The molecule has 0 atom stereocenters. The maximum Gasteiger partial charge on any atom is 0.165 e. The van der Waals surface area contributed by atoms with E-state index in [1.165, 1.54) is 7.11 Å². The molecule has 0 unspecified atom stereocenters.